The molecule has 4 heterocycles. The number of benzene rings is 16. The first-order valence-electron chi connectivity index (χ1n) is 43.7. The molecular weight excluding hydrogens is 1530 g/mol. The molecule has 4 aliphatic heterocycles. The van der Waals surface area contributed by atoms with E-state index in [1.165, 1.54) is 19.6 Å². The summed E-state index contributed by atoms with van der Waals surface area (Å²) in [7, 11) is 0. The zero-order valence-corrected chi connectivity index (χ0v) is 72.6. The molecule has 124 heavy (non-hydrogen) atoms. The van der Waals surface area contributed by atoms with Crippen molar-refractivity contribution in [2.75, 3.05) is 19.6 Å². The summed E-state index contributed by atoms with van der Waals surface area (Å²) in [5.74, 6) is -3.54. The summed E-state index contributed by atoms with van der Waals surface area (Å²) in [6, 6.07) is 75.5. The molecule has 0 atom stereocenters. The molecule has 12 nitrogen and oxygen atoms in total. The highest BCUT2D eigenvalue weighted by Gasteiger charge is 2.44. The number of hydrogen-bond acceptors (Lipinski definition) is 8. The number of rotatable bonds is 16. The van der Waals surface area contributed by atoms with Gasteiger partial charge in [0.05, 0.1) is 22.7 Å². The molecule has 4 aliphatic rings. The Balaban J connectivity index is 0.886. The highest BCUT2D eigenvalue weighted by Crippen LogP contribution is 2.56. The van der Waals surface area contributed by atoms with Crippen molar-refractivity contribution in [3.05, 3.63) is 320 Å². The quantitative estimate of drug-likeness (QED) is 0.0685. The lowest BCUT2D eigenvalue weighted by Crippen LogP contribution is -2.41. The maximum atomic E-state index is 15.8. The van der Waals surface area contributed by atoms with Crippen LogP contribution in [0.3, 0.4) is 0 Å². The monoisotopic (exact) mass is 1620 g/mol. The number of carbonyl (C=O) groups is 8. The minimum atomic E-state index is -0.422. The SMILES string of the molecule is CC(C)c1cccc(C(C)C)c1N1C(=O)c2cccc3c(-c4cc(-c5ccc6c7c(cccc57)C(=O)N(c5c(C(C)C)cccc5C(C)C)C6=O)c5ccc6c(-c7ccc8c9c(cccc79)C(=O)N(c7c(C(C)C)cccc7C(C)C)C8=O)cc(-c7ccc8c9c(cccc79)C(=O)N(c7c(C(C)C)cccc7C(C)C)C8=O)c7ccc4c5c76)ccc(c23)C1=O. The van der Waals surface area contributed by atoms with Crippen molar-refractivity contribution in [3.63, 3.8) is 0 Å². The van der Waals surface area contributed by atoms with E-state index < -0.39 is 47.3 Å². The fraction of sp³-hybridized carbons (Fsp3) is 0.214. The molecule has 0 saturated heterocycles. The van der Waals surface area contributed by atoms with Gasteiger partial charge in [0.25, 0.3) is 47.3 Å². The summed E-state index contributed by atoms with van der Waals surface area (Å²) in [5, 5.41) is 9.77. The van der Waals surface area contributed by atoms with Crippen LogP contribution in [0.2, 0.25) is 0 Å². The molecule has 12 heteroatoms. The lowest BCUT2D eigenvalue weighted by atomic mass is 9.78. The standard InChI is InChI=1S/C112H94N4O8/c1-55(2)63-25-17-26-64(56(3)4)101(63)113-105(117)83-37-21-33-75-71(41-49-87(95(75)83)109(113)121)91-53-92(72-42-50-88-96-76(72)34-22-38-84(96)106(118)114(110(88)122)102-65(57(5)6)27-18-28-66(102)58(7)8)80-47-48-82-94(74-44-52-90-98-78(74)36-24-40-86(98)108(120)116(112(90)124)104-69(61(13)14)31-20-32-70(104)62(15)16)54-93(81-46-45-79(91)99(80)100(81)82)73-43-51-89-97-77(73)35-23-39-85(97)107(119)115(111(89)123)103-67(59(9)10)29-19-30-68(103)60(11)12/h17-62H,1-16H3. The number of imide groups is 4. The van der Waals surface area contributed by atoms with Gasteiger partial charge < -0.3 is 0 Å². The van der Waals surface area contributed by atoms with Crippen LogP contribution in [0.15, 0.2) is 231 Å². The van der Waals surface area contributed by atoms with Gasteiger partial charge in [-0.25, -0.2) is 19.6 Å². The van der Waals surface area contributed by atoms with Gasteiger partial charge in [0.1, 0.15) is 0 Å². The number of anilines is 4. The minimum Gasteiger partial charge on any atom is -0.268 e. The first-order valence-corrected chi connectivity index (χ1v) is 43.7. The number of hydrogen-bond donors (Lipinski definition) is 0. The zero-order chi connectivity index (χ0) is 86.7. The van der Waals surface area contributed by atoms with Crippen molar-refractivity contribution >= 4 is 145 Å². The number of amides is 8. The van der Waals surface area contributed by atoms with Crippen molar-refractivity contribution in [3.8, 4) is 44.5 Å². The molecular formula is C112H94N4O8. The molecule has 0 unspecified atom stereocenters. The maximum absolute atomic E-state index is 15.8. The highest BCUT2D eigenvalue weighted by atomic mass is 16.2. The fourth-order valence-electron chi connectivity index (χ4n) is 21.1. The van der Waals surface area contributed by atoms with Gasteiger partial charge in [-0.1, -0.05) is 281 Å². The molecule has 610 valence electrons. The van der Waals surface area contributed by atoms with Crippen LogP contribution >= 0.6 is 0 Å². The van der Waals surface area contributed by atoms with E-state index >= 15 is 38.4 Å². The second-order valence-corrected chi connectivity index (χ2v) is 36.7. The van der Waals surface area contributed by atoms with E-state index in [1.807, 2.05) is 194 Å². The maximum Gasteiger partial charge on any atom is 0.266 e. The average Bonchev–Trinajstić information content (AvgIpc) is 0.690. The molecule has 20 rings (SSSR count). The lowest BCUT2D eigenvalue weighted by Gasteiger charge is -2.33. The van der Waals surface area contributed by atoms with Gasteiger partial charge in [-0.3, -0.25) is 38.4 Å². The van der Waals surface area contributed by atoms with Crippen molar-refractivity contribution < 1.29 is 38.4 Å². The van der Waals surface area contributed by atoms with Crippen LogP contribution in [-0.4, -0.2) is 47.3 Å². The smallest absolute Gasteiger partial charge is 0.266 e. The second-order valence-electron chi connectivity index (χ2n) is 36.7. The van der Waals surface area contributed by atoms with E-state index in [9.17, 15) is 0 Å². The molecule has 0 bridgehead atoms. The van der Waals surface area contributed by atoms with Crippen molar-refractivity contribution in [1.82, 2.24) is 0 Å². The Morgan fingerprint density at radius 1 is 0.153 bits per heavy atom. The third-order valence-electron chi connectivity index (χ3n) is 27.0. The molecule has 16 aromatic carbocycles. The Morgan fingerprint density at radius 3 is 0.468 bits per heavy atom. The van der Waals surface area contributed by atoms with Crippen LogP contribution in [0.5, 0.6) is 0 Å². The van der Waals surface area contributed by atoms with Crippen LogP contribution < -0.4 is 19.6 Å². The van der Waals surface area contributed by atoms with Gasteiger partial charge >= 0.3 is 0 Å². The Bertz CT molecular complexity index is 6460. The van der Waals surface area contributed by atoms with Gasteiger partial charge in [-0.05, 0) is 251 Å². The van der Waals surface area contributed by atoms with Crippen molar-refractivity contribution in [2.45, 2.75) is 158 Å². The van der Waals surface area contributed by atoms with E-state index in [2.05, 4.69) is 147 Å². The topological polar surface area (TPSA) is 150 Å². The number of carbonyl (C=O) groups excluding carboxylic acids is 8. The molecule has 0 aliphatic carbocycles. The van der Waals surface area contributed by atoms with Crippen LogP contribution in [-0.2, 0) is 0 Å². The largest absolute Gasteiger partial charge is 0.268 e. The summed E-state index contributed by atoms with van der Waals surface area (Å²) in [6.07, 6.45) is 0. The summed E-state index contributed by atoms with van der Waals surface area (Å²) in [6.45, 7) is 33.3. The Labute approximate surface area is 721 Å². The molecule has 0 aromatic heterocycles. The molecule has 16 aromatic rings. The molecule has 0 radical (unpaired) electrons. The van der Waals surface area contributed by atoms with Crippen LogP contribution in [0, 0.1) is 0 Å². The minimum absolute atomic E-state index is 0.0201. The summed E-state index contributed by atoms with van der Waals surface area (Å²) < 4.78 is 0. The Morgan fingerprint density at radius 2 is 0.298 bits per heavy atom. The van der Waals surface area contributed by atoms with Gasteiger partial charge in [0, 0.05) is 66.1 Å². The Hall–Kier alpha value is -13.8. The highest BCUT2D eigenvalue weighted by molar-refractivity contribution is 6.43. The molecule has 0 saturated carbocycles. The molecule has 0 spiro atoms. The Kier molecular flexibility index (Phi) is 18.3. The predicted octanol–water partition coefficient (Wildman–Crippen LogP) is 28.1. The zero-order valence-electron chi connectivity index (χ0n) is 72.6. The lowest BCUT2D eigenvalue weighted by molar-refractivity contribution is 0.0877. The number of para-hydroxylation sites is 4. The third kappa shape index (κ3) is 11.3. The third-order valence-corrected chi connectivity index (χ3v) is 27.0. The normalized spacial score (nSPS) is 14.3. The van der Waals surface area contributed by atoms with Crippen LogP contribution in [0.25, 0.3) is 120 Å². The molecule has 0 fully saturated rings. The van der Waals surface area contributed by atoms with Crippen molar-refractivity contribution in [2.24, 2.45) is 0 Å². The van der Waals surface area contributed by atoms with E-state index in [0.29, 0.717) is 110 Å². The van der Waals surface area contributed by atoms with E-state index in [-0.39, 0.29) is 47.3 Å². The first kappa shape index (κ1) is 78.7. The van der Waals surface area contributed by atoms with Gasteiger partial charge in [0.2, 0.25) is 0 Å². The van der Waals surface area contributed by atoms with Gasteiger partial charge in [-0.2, -0.15) is 0 Å². The van der Waals surface area contributed by atoms with Crippen molar-refractivity contribution in [1.29, 1.82) is 0 Å². The van der Waals surface area contributed by atoms with Gasteiger partial charge in [-0.15, -0.1) is 0 Å². The summed E-state index contributed by atoms with van der Waals surface area (Å²) in [5.41, 5.74) is 18.6. The van der Waals surface area contributed by atoms with Crippen LogP contribution in [0.1, 0.15) is 285 Å². The fourth-order valence-corrected chi connectivity index (χ4v) is 21.1. The molecule has 8 amide bonds. The van der Waals surface area contributed by atoms with E-state index in [1.54, 1.807) is 0 Å². The first-order chi connectivity index (χ1) is 59.6. The second kappa shape index (κ2) is 28.9. The average molecular weight is 1620 g/mol. The number of nitrogens with zero attached hydrogens (tertiary/aromatic N) is 4. The van der Waals surface area contributed by atoms with Crippen LogP contribution in [0.4, 0.5) is 22.7 Å². The van der Waals surface area contributed by atoms with E-state index in [0.717, 1.165) is 121 Å². The summed E-state index contributed by atoms with van der Waals surface area (Å²) in [4.78, 5) is 132. The summed E-state index contributed by atoms with van der Waals surface area (Å²) >= 11 is 0. The predicted molar refractivity (Wildman–Crippen MR) is 505 cm³/mol. The van der Waals surface area contributed by atoms with Gasteiger partial charge in [0.15, 0.2) is 0 Å². The van der Waals surface area contributed by atoms with E-state index in [4.69, 9.17) is 0 Å². The molecule has 0 N–H and O–H groups in total.